The molecule has 0 N–H and O–H groups in total. The molecule has 168 valence electrons. The van der Waals surface area contributed by atoms with Crippen LogP contribution in [-0.2, 0) is 18.3 Å². The summed E-state index contributed by atoms with van der Waals surface area (Å²) in [6, 6.07) is 0. The van der Waals surface area contributed by atoms with E-state index in [1.165, 1.54) is 0 Å². The van der Waals surface area contributed by atoms with Crippen molar-refractivity contribution in [1.29, 1.82) is 0 Å². The van der Waals surface area contributed by atoms with Crippen molar-refractivity contribution in [2.45, 2.75) is 142 Å². The van der Waals surface area contributed by atoms with Crippen molar-refractivity contribution in [2.75, 3.05) is 0 Å². The van der Waals surface area contributed by atoms with Gasteiger partial charge in [0.25, 0.3) is 0 Å². The lowest BCUT2D eigenvalue weighted by Gasteiger charge is -2.50. The lowest BCUT2D eigenvalue weighted by molar-refractivity contribution is -0.268. The molecular formula is C22H48O4Si2. The van der Waals surface area contributed by atoms with Crippen LogP contribution in [0.5, 0.6) is 0 Å². The van der Waals surface area contributed by atoms with Crippen molar-refractivity contribution in [3.8, 4) is 0 Å². The fourth-order valence-corrected chi connectivity index (χ4v) is 5.55. The summed E-state index contributed by atoms with van der Waals surface area (Å²) >= 11 is 0. The summed E-state index contributed by atoms with van der Waals surface area (Å²) in [6.07, 6.45) is 0.322. The fourth-order valence-electron chi connectivity index (χ4n) is 2.83. The molecule has 1 aliphatic heterocycles. The lowest BCUT2D eigenvalue weighted by Crippen LogP contribution is -2.59. The van der Waals surface area contributed by atoms with Crippen LogP contribution in [0, 0.1) is 0 Å². The zero-order chi connectivity index (χ0) is 22.3. The van der Waals surface area contributed by atoms with Crippen molar-refractivity contribution in [2.24, 2.45) is 0 Å². The Labute approximate surface area is 177 Å². The van der Waals surface area contributed by atoms with Crippen LogP contribution in [0.25, 0.3) is 0 Å². The molecule has 0 saturated carbocycles. The van der Waals surface area contributed by atoms with Crippen molar-refractivity contribution >= 4 is 16.6 Å². The van der Waals surface area contributed by atoms with Gasteiger partial charge in [0.15, 0.2) is 22.9 Å². The van der Waals surface area contributed by atoms with E-state index in [9.17, 15) is 0 Å². The normalized spacial score (nSPS) is 28.5. The van der Waals surface area contributed by atoms with Gasteiger partial charge >= 0.3 is 0 Å². The van der Waals surface area contributed by atoms with Gasteiger partial charge in [-0.2, -0.15) is 0 Å². The van der Waals surface area contributed by atoms with E-state index in [1.54, 1.807) is 0 Å². The SMILES string of the molecule is C[C@H]1O[C@H](OC(C)(C)C)C[C@@H](O[Si](C)(C)C(C)(C)C)[C@H]1O[Si](C)(C)C(C)(C)C. The molecule has 1 aliphatic rings. The maximum absolute atomic E-state index is 6.91. The zero-order valence-electron chi connectivity index (χ0n) is 21.1. The van der Waals surface area contributed by atoms with E-state index in [1.807, 2.05) is 0 Å². The lowest BCUT2D eigenvalue weighted by atomic mass is 10.0. The monoisotopic (exact) mass is 432 g/mol. The maximum Gasteiger partial charge on any atom is 0.192 e. The second-order valence-electron chi connectivity index (χ2n) is 12.5. The number of hydrogen-bond donors (Lipinski definition) is 0. The van der Waals surface area contributed by atoms with Gasteiger partial charge in [0.1, 0.15) is 0 Å². The molecule has 4 nitrogen and oxygen atoms in total. The van der Waals surface area contributed by atoms with Crippen LogP contribution < -0.4 is 0 Å². The van der Waals surface area contributed by atoms with Crippen molar-refractivity contribution < 1.29 is 18.3 Å². The van der Waals surface area contributed by atoms with Gasteiger partial charge in [-0.05, 0) is 64.0 Å². The second-order valence-corrected chi connectivity index (χ2v) is 22.0. The van der Waals surface area contributed by atoms with E-state index in [0.717, 1.165) is 0 Å². The molecule has 0 unspecified atom stereocenters. The molecule has 0 radical (unpaired) electrons. The highest BCUT2D eigenvalue weighted by molar-refractivity contribution is 6.74. The first-order chi connectivity index (χ1) is 12.2. The first kappa shape index (κ1) is 26.3. The van der Waals surface area contributed by atoms with Gasteiger partial charge in [0.2, 0.25) is 0 Å². The number of rotatable bonds is 5. The molecule has 4 atom stereocenters. The summed E-state index contributed by atoms with van der Waals surface area (Å²) in [5.41, 5.74) is -0.251. The third-order valence-electron chi connectivity index (χ3n) is 6.59. The molecule has 0 aliphatic carbocycles. The molecule has 0 aromatic heterocycles. The molecule has 0 aromatic carbocycles. The molecular weight excluding hydrogens is 384 g/mol. The molecule has 1 fully saturated rings. The van der Waals surface area contributed by atoms with Gasteiger partial charge in [0.05, 0.1) is 23.9 Å². The summed E-state index contributed by atoms with van der Waals surface area (Å²) in [5.74, 6) is 0. The quantitative estimate of drug-likeness (QED) is 0.452. The highest BCUT2D eigenvalue weighted by Crippen LogP contribution is 2.43. The highest BCUT2D eigenvalue weighted by atomic mass is 28.4. The number of ether oxygens (including phenoxy) is 2. The predicted octanol–water partition coefficient (Wildman–Crippen LogP) is 6.72. The minimum absolute atomic E-state index is 0.00823. The molecule has 1 heterocycles. The van der Waals surface area contributed by atoms with Gasteiger partial charge in [-0.25, -0.2) is 0 Å². The van der Waals surface area contributed by atoms with E-state index in [-0.39, 0.29) is 40.3 Å². The summed E-state index contributed by atoms with van der Waals surface area (Å²) in [4.78, 5) is 0. The van der Waals surface area contributed by atoms with Gasteiger partial charge in [-0.15, -0.1) is 0 Å². The highest BCUT2D eigenvalue weighted by Gasteiger charge is 2.49. The van der Waals surface area contributed by atoms with E-state index >= 15 is 0 Å². The largest absolute Gasteiger partial charge is 0.411 e. The average Bonchev–Trinajstić information content (AvgIpc) is 2.37. The minimum atomic E-state index is -1.95. The van der Waals surface area contributed by atoms with E-state index in [4.69, 9.17) is 18.3 Å². The maximum atomic E-state index is 6.91. The third kappa shape index (κ3) is 6.91. The summed E-state index contributed by atoms with van der Waals surface area (Å²) in [7, 11) is -3.90. The Bertz CT molecular complexity index is 512. The van der Waals surface area contributed by atoms with Crippen LogP contribution in [0.3, 0.4) is 0 Å². The molecule has 0 aromatic rings. The predicted molar refractivity (Wildman–Crippen MR) is 124 cm³/mol. The Hall–Kier alpha value is 0.274. The summed E-state index contributed by atoms with van der Waals surface area (Å²) in [6.45, 7) is 31.3. The Kier molecular flexibility index (Phi) is 7.92. The van der Waals surface area contributed by atoms with Gasteiger partial charge in [-0.3, -0.25) is 0 Å². The van der Waals surface area contributed by atoms with Crippen LogP contribution in [0.4, 0.5) is 0 Å². The standard InChI is InChI=1S/C22H48O4Si2/c1-16-19(26-28(13,14)22(8,9)10)17(25-27(11,12)21(5,6)7)15-18(23-16)24-20(2,3)4/h16-19H,15H2,1-14H3/t16-,17-,18-,19+/m1/s1. The Balaban J connectivity index is 3.16. The molecule has 0 amide bonds. The Morgan fingerprint density at radius 1 is 0.750 bits per heavy atom. The molecule has 1 saturated heterocycles. The molecule has 0 bridgehead atoms. The van der Waals surface area contributed by atoms with E-state index in [2.05, 4.69) is 95.4 Å². The number of hydrogen-bond acceptors (Lipinski definition) is 4. The van der Waals surface area contributed by atoms with Crippen LogP contribution in [0.1, 0.15) is 75.7 Å². The van der Waals surface area contributed by atoms with Crippen LogP contribution in [0.15, 0.2) is 0 Å². The molecule has 0 spiro atoms. The van der Waals surface area contributed by atoms with Gasteiger partial charge < -0.3 is 18.3 Å². The van der Waals surface area contributed by atoms with Gasteiger partial charge in [-0.1, -0.05) is 41.5 Å². The molecule has 28 heavy (non-hydrogen) atoms. The smallest absolute Gasteiger partial charge is 0.192 e. The average molecular weight is 433 g/mol. The Morgan fingerprint density at radius 2 is 1.18 bits per heavy atom. The van der Waals surface area contributed by atoms with E-state index < -0.39 is 16.6 Å². The van der Waals surface area contributed by atoms with Crippen LogP contribution in [-0.4, -0.2) is 46.8 Å². The first-order valence-corrected chi connectivity index (χ1v) is 16.7. The minimum Gasteiger partial charge on any atom is -0.411 e. The molecule has 6 heteroatoms. The van der Waals surface area contributed by atoms with Crippen molar-refractivity contribution in [3.63, 3.8) is 0 Å². The Morgan fingerprint density at radius 3 is 1.57 bits per heavy atom. The second kappa shape index (κ2) is 8.42. The first-order valence-electron chi connectivity index (χ1n) is 10.9. The van der Waals surface area contributed by atoms with Gasteiger partial charge in [0, 0.05) is 6.42 Å². The fraction of sp³-hybridized carbons (Fsp3) is 1.00. The summed E-state index contributed by atoms with van der Waals surface area (Å²) in [5, 5.41) is 0.295. The van der Waals surface area contributed by atoms with Crippen LogP contribution >= 0.6 is 0 Å². The zero-order valence-corrected chi connectivity index (χ0v) is 23.1. The summed E-state index contributed by atoms with van der Waals surface area (Å²) < 4.78 is 26.2. The van der Waals surface area contributed by atoms with Crippen molar-refractivity contribution in [1.82, 2.24) is 0 Å². The third-order valence-corrected chi connectivity index (χ3v) is 15.6. The topological polar surface area (TPSA) is 36.9 Å². The van der Waals surface area contributed by atoms with E-state index in [0.29, 0.717) is 6.42 Å². The molecule has 1 rings (SSSR count). The van der Waals surface area contributed by atoms with Crippen LogP contribution in [0.2, 0.25) is 36.3 Å². The van der Waals surface area contributed by atoms with Crippen molar-refractivity contribution in [3.05, 3.63) is 0 Å².